The van der Waals surface area contributed by atoms with Gasteiger partial charge >= 0.3 is 5.69 Å². The predicted molar refractivity (Wildman–Crippen MR) is 139 cm³/mol. The Morgan fingerprint density at radius 2 is 1.75 bits per heavy atom. The highest BCUT2D eigenvalue weighted by atomic mass is 31.2. The third-order valence-corrected chi connectivity index (χ3v) is 7.32. The van der Waals surface area contributed by atoms with Gasteiger partial charge in [-0.15, -0.1) is 0 Å². The van der Waals surface area contributed by atoms with Crippen molar-refractivity contribution in [2.75, 3.05) is 6.61 Å². The number of hydrogen-bond donors (Lipinski definition) is 6. The molecule has 1 aromatic rings. The van der Waals surface area contributed by atoms with Crippen LogP contribution in [0.2, 0.25) is 0 Å². The Kier molecular flexibility index (Phi) is 10.9. The zero-order valence-corrected chi connectivity index (χ0v) is 23.6. The normalized spacial score (nSPS) is 16.5. The fourth-order valence-electron chi connectivity index (χ4n) is 4.07. The first-order valence-corrected chi connectivity index (χ1v) is 14.1. The molecule has 240 valence electrons. The molecule has 0 aromatic carbocycles. The van der Waals surface area contributed by atoms with Crippen molar-refractivity contribution in [1.82, 2.24) is 19.9 Å². The van der Waals surface area contributed by atoms with Crippen molar-refractivity contribution in [3.8, 4) is 11.3 Å². The number of nitrogens with zero attached hydrogens (tertiary/aromatic N) is 1. The summed E-state index contributed by atoms with van der Waals surface area (Å²) in [5, 5.41) is 54.8. The highest BCUT2D eigenvalue weighted by Crippen LogP contribution is 2.40. The molecule has 1 aliphatic carbocycles. The number of aliphatic hydroxyl groups excluding tert-OH is 3. The van der Waals surface area contributed by atoms with E-state index in [1.807, 2.05) is 10.3 Å². The lowest BCUT2D eigenvalue weighted by atomic mass is 10.0. The number of aliphatic carboxylic acids is 2. The van der Waals surface area contributed by atoms with Gasteiger partial charge in [-0.25, -0.2) is 4.79 Å². The molecule has 3 rings (SSSR count). The van der Waals surface area contributed by atoms with E-state index in [0.717, 1.165) is 17.6 Å². The van der Waals surface area contributed by atoms with E-state index < -0.39 is 98.8 Å². The maximum absolute atomic E-state index is 12.4. The number of nitrogens with one attached hydrogen (secondary N) is 3. The standard InChI is InChI=1S/C24H29N4O15P/c1-10(21(35)25-14(23(37)38)4-5-18(32)33)43-44(40,41)42-9-17(31)19(34)16(30)8-28-15-7-12(29)3-2-11(15)6-13-20(28)26-24(39)27-22(13)36/h2-3,6-7,10,14,16-17,19,30-31,34H,4-5,8-9H2,1H3,(H,25,35)(H,32,33)(H,37,38)(H,40,41)(H2,26,27,36,39)/p-3/t10-,14-,16-,17+,19-/m0/s1. The molecule has 20 heteroatoms. The van der Waals surface area contributed by atoms with Crippen LogP contribution in [0.15, 0.2) is 38.6 Å². The van der Waals surface area contributed by atoms with E-state index in [1.54, 1.807) is 0 Å². The van der Waals surface area contributed by atoms with Gasteiger partial charge < -0.3 is 58.9 Å². The number of phosphoric ester groups is 1. The van der Waals surface area contributed by atoms with Crippen molar-refractivity contribution in [3.63, 3.8) is 0 Å². The Balaban J connectivity index is 1.68. The zero-order valence-electron chi connectivity index (χ0n) is 22.7. The van der Waals surface area contributed by atoms with E-state index in [0.29, 0.717) is 5.56 Å². The molecule has 19 nitrogen and oxygen atoms in total. The van der Waals surface area contributed by atoms with E-state index in [-0.39, 0.29) is 16.7 Å². The smallest absolute Gasteiger partial charge is 0.327 e. The zero-order chi connectivity index (χ0) is 32.9. The molecule has 6 N–H and O–H groups in total. The van der Waals surface area contributed by atoms with Crippen LogP contribution in [0.1, 0.15) is 19.8 Å². The number of carboxylic acid groups (broad SMARTS) is 2. The number of hydrogen-bond acceptors (Lipinski definition) is 15. The highest BCUT2D eigenvalue weighted by Gasteiger charge is 2.30. The number of phosphoric acid groups is 1. The molecule has 0 fully saturated rings. The summed E-state index contributed by atoms with van der Waals surface area (Å²) in [6, 6.07) is 3.28. The fraction of sp³-hybridized carbons (Fsp3) is 0.417. The van der Waals surface area contributed by atoms with E-state index in [4.69, 9.17) is 0 Å². The highest BCUT2D eigenvalue weighted by molar-refractivity contribution is 7.45. The number of fused-ring (bicyclic) bond motifs is 2. The fourth-order valence-corrected chi connectivity index (χ4v) is 4.94. The Hall–Kier alpha value is -4.23. The molecule has 0 saturated heterocycles. The third kappa shape index (κ3) is 8.66. The quantitative estimate of drug-likeness (QED) is 0.0665. The van der Waals surface area contributed by atoms with Gasteiger partial charge in [-0.3, -0.25) is 28.9 Å². The van der Waals surface area contributed by atoms with Gasteiger partial charge in [-0.1, -0.05) is 0 Å². The third-order valence-electron chi connectivity index (χ3n) is 6.28. The number of amides is 1. The number of benzene rings is 1. The van der Waals surface area contributed by atoms with Crippen LogP contribution >= 0.6 is 7.82 Å². The second-order valence-electron chi connectivity index (χ2n) is 9.55. The summed E-state index contributed by atoms with van der Waals surface area (Å²) in [5.41, 5.74) is -1.85. The van der Waals surface area contributed by atoms with Crippen LogP contribution in [-0.4, -0.2) is 84.8 Å². The number of aliphatic hydroxyl groups is 3. The molecule has 1 aliphatic heterocycles. The van der Waals surface area contributed by atoms with E-state index >= 15 is 0 Å². The molecule has 0 bridgehead atoms. The number of pyridine rings is 1. The second kappa shape index (κ2) is 14.0. The second-order valence-corrected chi connectivity index (χ2v) is 10.9. The van der Waals surface area contributed by atoms with Crippen molar-refractivity contribution < 1.29 is 58.4 Å². The van der Waals surface area contributed by atoms with Gasteiger partial charge in [0.25, 0.3) is 13.4 Å². The molecule has 1 unspecified atom stereocenters. The van der Waals surface area contributed by atoms with Gasteiger partial charge in [0, 0.05) is 12.0 Å². The largest absolute Gasteiger partial charge is 0.756 e. The van der Waals surface area contributed by atoms with Gasteiger partial charge in [0.15, 0.2) is 5.43 Å². The number of carbonyl (C=O) groups is 3. The molecule has 1 amide bonds. The van der Waals surface area contributed by atoms with Crippen molar-refractivity contribution >= 4 is 36.7 Å². The molecule has 2 aliphatic rings. The van der Waals surface area contributed by atoms with E-state index in [1.165, 1.54) is 18.2 Å². The Bertz CT molecular complexity index is 1730. The van der Waals surface area contributed by atoms with Crippen molar-refractivity contribution in [3.05, 3.63) is 55.3 Å². The maximum atomic E-state index is 12.4. The number of carboxylic acids is 2. The number of carbonyl (C=O) groups excluding carboxylic acids is 3. The minimum Gasteiger partial charge on any atom is -0.756 e. The molecular weight excluding hydrogens is 615 g/mol. The van der Waals surface area contributed by atoms with Crippen LogP contribution in [0.4, 0.5) is 0 Å². The minimum atomic E-state index is -5.42. The van der Waals surface area contributed by atoms with Crippen molar-refractivity contribution in [2.45, 2.75) is 56.8 Å². The molecule has 0 spiro atoms. The van der Waals surface area contributed by atoms with E-state index in [9.17, 15) is 63.8 Å². The van der Waals surface area contributed by atoms with Crippen LogP contribution in [0.25, 0.3) is 22.3 Å². The first kappa shape index (κ1) is 34.3. The Morgan fingerprint density at radius 1 is 1.07 bits per heavy atom. The average molecular weight is 641 g/mol. The number of aromatic amines is 2. The number of rotatable bonds is 15. The Morgan fingerprint density at radius 3 is 2.39 bits per heavy atom. The van der Waals surface area contributed by atoms with Crippen LogP contribution in [0.3, 0.4) is 0 Å². The maximum Gasteiger partial charge on any atom is 0.327 e. The molecule has 2 heterocycles. The molecule has 6 atom stereocenters. The average Bonchev–Trinajstić information content (AvgIpc) is 2.93. The summed E-state index contributed by atoms with van der Waals surface area (Å²) in [7, 11) is -5.42. The van der Waals surface area contributed by atoms with Crippen LogP contribution in [-0.2, 0) is 34.5 Å². The van der Waals surface area contributed by atoms with Crippen molar-refractivity contribution in [1.29, 1.82) is 0 Å². The number of aromatic nitrogens is 3. The Labute approximate surface area is 245 Å². The SMILES string of the molecule is C[C@H](OP(=O)([O-])OC[C@@H](O)[C@@H](O)[C@@H](O)Cn1c2cc(=O)ccc-2cc2c(=O)[nH]c(=O)[nH]c21)C(=O)N[C@@H](CCC(=O)[O-])C(=O)[O-]. The molecule has 44 heavy (non-hydrogen) atoms. The van der Waals surface area contributed by atoms with Gasteiger partial charge in [-0.2, -0.15) is 0 Å². The van der Waals surface area contributed by atoms with Crippen molar-refractivity contribution in [2.24, 2.45) is 0 Å². The topological polar surface area (TPSA) is 316 Å². The lowest BCUT2D eigenvalue weighted by Crippen LogP contribution is -2.51. The summed E-state index contributed by atoms with van der Waals surface area (Å²) in [6.45, 7) is -0.949. The minimum absolute atomic E-state index is 0.0475. The molecular formula is C24H26N4O15P-3. The molecule has 0 saturated carbocycles. The summed E-state index contributed by atoms with van der Waals surface area (Å²) in [4.78, 5) is 86.6. The first-order chi connectivity index (χ1) is 20.5. The number of H-pyrrole nitrogens is 2. The molecule has 1 aromatic heterocycles. The van der Waals surface area contributed by atoms with Gasteiger partial charge in [0.05, 0.1) is 36.2 Å². The molecule has 0 radical (unpaired) electrons. The first-order valence-electron chi connectivity index (χ1n) is 12.7. The van der Waals surface area contributed by atoms with Crippen LogP contribution in [0, 0.1) is 0 Å². The van der Waals surface area contributed by atoms with Gasteiger partial charge in [0.2, 0.25) is 5.91 Å². The van der Waals surface area contributed by atoms with Crippen LogP contribution < -0.4 is 37.1 Å². The van der Waals surface area contributed by atoms with Gasteiger partial charge in [0.1, 0.15) is 30.1 Å². The lowest BCUT2D eigenvalue weighted by Gasteiger charge is -2.30. The van der Waals surface area contributed by atoms with Crippen LogP contribution in [0.5, 0.6) is 0 Å². The van der Waals surface area contributed by atoms with E-state index in [2.05, 4.69) is 14.0 Å². The predicted octanol–water partition coefficient (Wildman–Crippen LogP) is -5.78. The summed E-state index contributed by atoms with van der Waals surface area (Å²) in [5.74, 6) is -4.76. The summed E-state index contributed by atoms with van der Waals surface area (Å²) >= 11 is 0. The summed E-state index contributed by atoms with van der Waals surface area (Å²) in [6.07, 6.45) is -9.42. The van der Waals surface area contributed by atoms with Gasteiger partial charge in [-0.05, 0) is 43.5 Å². The monoisotopic (exact) mass is 641 g/mol. The lowest BCUT2D eigenvalue weighted by molar-refractivity contribution is -0.310. The summed E-state index contributed by atoms with van der Waals surface area (Å²) < 4.78 is 22.3.